The molecule has 9 heavy (non-hydrogen) atoms. The molecule has 0 rings (SSSR count). The van der Waals surface area contributed by atoms with Crippen LogP contribution in [0.15, 0.2) is 10.6 Å². The molecule has 0 aromatic heterocycles. The summed E-state index contributed by atoms with van der Waals surface area (Å²) in [5.41, 5.74) is -0.170. The van der Waals surface area contributed by atoms with Gasteiger partial charge in [0.2, 0.25) is 0 Å². The Morgan fingerprint density at radius 3 is 2.22 bits per heavy atom. The van der Waals surface area contributed by atoms with E-state index in [1.165, 1.54) is 6.92 Å². The molecule has 0 aliphatic rings. The van der Waals surface area contributed by atoms with Crippen molar-refractivity contribution in [3.63, 3.8) is 0 Å². The lowest BCUT2D eigenvalue weighted by Gasteiger charge is -1.91. The highest BCUT2D eigenvalue weighted by Crippen LogP contribution is 2.05. The molecule has 0 radical (unpaired) electrons. The quantitative estimate of drug-likeness (QED) is 0.456. The average Bonchev–Trinajstić information content (AvgIpc) is 1.64. The molecular formula is C5H6ClNO2. The van der Waals surface area contributed by atoms with Gasteiger partial charge in [-0.15, -0.1) is 0 Å². The van der Waals surface area contributed by atoms with Crippen LogP contribution >= 0.6 is 11.6 Å². The normalized spacial score (nSPS) is 12.2. The number of hydrogen-bond donors (Lipinski definition) is 2. The number of aliphatic carboxylic acids is 1. The number of rotatable bonds is 2. The van der Waals surface area contributed by atoms with Crippen LogP contribution in [0.2, 0.25) is 0 Å². The lowest BCUT2D eigenvalue weighted by atomic mass is 10.3. The van der Waals surface area contributed by atoms with Gasteiger partial charge in [0.05, 0.1) is 5.57 Å². The first-order valence-electron chi connectivity index (χ1n) is 2.19. The zero-order chi connectivity index (χ0) is 7.44. The molecule has 0 atom stereocenters. The van der Waals surface area contributed by atoms with Gasteiger partial charge in [-0.1, -0.05) is 11.6 Å². The molecule has 0 saturated carbocycles. The number of hydrogen-bond acceptors (Lipinski definition) is 2. The molecule has 0 aliphatic carbocycles. The molecule has 3 nitrogen and oxygen atoms in total. The highest BCUT2D eigenvalue weighted by Gasteiger charge is 2.04. The molecule has 0 saturated heterocycles. The molecule has 2 N–H and O–H groups in total. The van der Waals surface area contributed by atoms with Crippen molar-refractivity contribution in [2.45, 2.75) is 6.92 Å². The van der Waals surface area contributed by atoms with Crippen LogP contribution < -0.4 is 0 Å². The molecular weight excluding hydrogens is 142 g/mol. The van der Waals surface area contributed by atoms with Gasteiger partial charge < -0.3 is 10.5 Å². The Labute approximate surface area is 57.5 Å². The van der Waals surface area contributed by atoms with Crippen LogP contribution in [0.4, 0.5) is 0 Å². The number of halogens is 1. The minimum Gasteiger partial charge on any atom is -0.478 e. The first-order chi connectivity index (χ1) is 4.09. The third kappa shape index (κ3) is 2.28. The fourth-order valence-electron chi connectivity index (χ4n) is 0.309. The second-order valence-corrected chi connectivity index (χ2v) is 1.96. The summed E-state index contributed by atoms with van der Waals surface area (Å²) in [5.74, 6) is -1.17. The minimum absolute atomic E-state index is 0.123. The van der Waals surface area contributed by atoms with Crippen molar-refractivity contribution in [3.05, 3.63) is 10.6 Å². The summed E-state index contributed by atoms with van der Waals surface area (Å²) in [6.07, 6.45) is 0.713. The maximum Gasteiger partial charge on any atom is 0.338 e. The smallest absolute Gasteiger partial charge is 0.338 e. The van der Waals surface area contributed by atoms with Gasteiger partial charge in [0.25, 0.3) is 0 Å². The summed E-state index contributed by atoms with van der Waals surface area (Å²) in [6, 6.07) is 0. The van der Waals surface area contributed by atoms with Crippen molar-refractivity contribution in [3.8, 4) is 0 Å². The van der Waals surface area contributed by atoms with Crippen LogP contribution in [0, 0.1) is 5.41 Å². The number of carboxylic acids is 1. The van der Waals surface area contributed by atoms with E-state index in [0.29, 0.717) is 6.21 Å². The van der Waals surface area contributed by atoms with Crippen molar-refractivity contribution in [1.29, 1.82) is 5.41 Å². The predicted octanol–water partition coefficient (Wildman–Crippen LogP) is 1.23. The summed E-state index contributed by atoms with van der Waals surface area (Å²) in [4.78, 5) is 10.1. The first-order valence-corrected chi connectivity index (χ1v) is 2.57. The number of nitrogens with one attached hydrogen (secondary N) is 1. The van der Waals surface area contributed by atoms with Crippen molar-refractivity contribution in [2.75, 3.05) is 0 Å². The molecule has 4 heteroatoms. The van der Waals surface area contributed by atoms with Crippen molar-refractivity contribution >= 4 is 23.8 Å². The minimum atomic E-state index is -1.17. The van der Waals surface area contributed by atoms with E-state index in [-0.39, 0.29) is 10.6 Å². The molecule has 0 heterocycles. The highest BCUT2D eigenvalue weighted by atomic mass is 35.5. The lowest BCUT2D eigenvalue weighted by molar-refractivity contribution is -0.132. The van der Waals surface area contributed by atoms with Crippen molar-refractivity contribution < 1.29 is 9.90 Å². The number of carbonyl (C=O) groups is 1. The Bertz CT molecular complexity index is 170. The van der Waals surface area contributed by atoms with Gasteiger partial charge in [0, 0.05) is 11.2 Å². The van der Waals surface area contributed by atoms with E-state index in [9.17, 15) is 4.79 Å². The van der Waals surface area contributed by atoms with Gasteiger partial charge in [-0.25, -0.2) is 4.79 Å². The highest BCUT2D eigenvalue weighted by molar-refractivity contribution is 6.33. The summed E-state index contributed by atoms with van der Waals surface area (Å²) < 4.78 is 0. The fraction of sp³-hybridized carbons (Fsp3) is 0.200. The van der Waals surface area contributed by atoms with Gasteiger partial charge in [-0.05, 0) is 6.92 Å². The molecule has 0 unspecified atom stereocenters. The summed E-state index contributed by atoms with van der Waals surface area (Å²) in [6.45, 7) is 1.43. The molecule has 0 fully saturated rings. The SMILES string of the molecule is C/C(Cl)=C(\C=N)C(=O)O. The van der Waals surface area contributed by atoms with E-state index < -0.39 is 5.97 Å². The van der Waals surface area contributed by atoms with Gasteiger partial charge in [0.1, 0.15) is 0 Å². The molecule has 0 amide bonds. The molecule has 50 valence electrons. The fourth-order valence-corrected chi connectivity index (χ4v) is 0.444. The van der Waals surface area contributed by atoms with E-state index in [1.54, 1.807) is 0 Å². The average molecular weight is 148 g/mol. The van der Waals surface area contributed by atoms with Crippen LogP contribution in [0.5, 0.6) is 0 Å². The van der Waals surface area contributed by atoms with Gasteiger partial charge in [0.15, 0.2) is 0 Å². The Hall–Kier alpha value is -0.830. The van der Waals surface area contributed by atoms with Crippen LogP contribution in [0.25, 0.3) is 0 Å². The molecule has 0 aromatic rings. The second kappa shape index (κ2) is 3.25. The summed E-state index contributed by atoms with van der Waals surface area (Å²) >= 11 is 5.29. The van der Waals surface area contributed by atoms with Gasteiger partial charge in [-0.2, -0.15) is 0 Å². The maximum absolute atomic E-state index is 10.1. The van der Waals surface area contributed by atoms with E-state index >= 15 is 0 Å². The third-order valence-corrected chi connectivity index (χ3v) is 0.949. The van der Waals surface area contributed by atoms with E-state index in [0.717, 1.165) is 0 Å². The second-order valence-electron chi connectivity index (χ2n) is 1.40. The van der Waals surface area contributed by atoms with E-state index in [2.05, 4.69) is 0 Å². The summed E-state index contributed by atoms with van der Waals surface area (Å²) in [5, 5.41) is 14.9. The van der Waals surface area contributed by atoms with Crippen LogP contribution in [0.1, 0.15) is 6.92 Å². The van der Waals surface area contributed by atoms with Gasteiger partial charge >= 0.3 is 5.97 Å². The Morgan fingerprint density at radius 1 is 1.78 bits per heavy atom. The first kappa shape index (κ1) is 8.17. The lowest BCUT2D eigenvalue weighted by Crippen LogP contribution is -2.01. The number of carboxylic acid groups (broad SMARTS) is 1. The molecule has 0 spiro atoms. The predicted molar refractivity (Wildman–Crippen MR) is 35.0 cm³/mol. The summed E-state index contributed by atoms with van der Waals surface area (Å²) in [7, 11) is 0. The van der Waals surface area contributed by atoms with Gasteiger partial charge in [-0.3, -0.25) is 0 Å². The van der Waals surface area contributed by atoms with Crippen molar-refractivity contribution in [2.24, 2.45) is 0 Å². The number of allylic oxidation sites excluding steroid dienone is 1. The zero-order valence-electron chi connectivity index (χ0n) is 4.81. The standard InChI is InChI=1S/C5H6ClNO2/c1-3(6)4(2-7)5(8)9/h2,7H,1H3,(H,8,9)/b4-3-,7-2?. The monoisotopic (exact) mass is 147 g/mol. The van der Waals surface area contributed by atoms with E-state index in [1.807, 2.05) is 0 Å². The van der Waals surface area contributed by atoms with E-state index in [4.69, 9.17) is 22.1 Å². The van der Waals surface area contributed by atoms with Crippen LogP contribution in [-0.2, 0) is 4.79 Å². The molecule has 0 aliphatic heterocycles. The largest absolute Gasteiger partial charge is 0.478 e. The Morgan fingerprint density at radius 2 is 2.22 bits per heavy atom. The Balaban J connectivity index is 4.55. The van der Waals surface area contributed by atoms with Crippen molar-refractivity contribution in [1.82, 2.24) is 0 Å². The zero-order valence-corrected chi connectivity index (χ0v) is 5.57. The maximum atomic E-state index is 10.1. The molecule has 0 bridgehead atoms. The van der Waals surface area contributed by atoms with Crippen LogP contribution in [0.3, 0.4) is 0 Å². The Kier molecular flexibility index (Phi) is 2.95. The molecule has 0 aromatic carbocycles. The van der Waals surface area contributed by atoms with Crippen LogP contribution in [-0.4, -0.2) is 17.3 Å². The third-order valence-electron chi connectivity index (χ3n) is 0.746. The topological polar surface area (TPSA) is 61.2 Å².